The molecule has 0 saturated heterocycles. The molecule has 0 spiro atoms. The first-order valence-corrected chi connectivity index (χ1v) is 9.56. The van der Waals surface area contributed by atoms with Gasteiger partial charge in [-0.2, -0.15) is 5.26 Å². The van der Waals surface area contributed by atoms with Crippen LogP contribution < -0.4 is 4.74 Å². The first-order chi connectivity index (χ1) is 13.7. The highest BCUT2D eigenvalue weighted by atomic mass is 79.9. The van der Waals surface area contributed by atoms with E-state index in [0.717, 1.165) is 26.9 Å². The summed E-state index contributed by atoms with van der Waals surface area (Å²) < 4.78 is 6.72. The van der Waals surface area contributed by atoms with Gasteiger partial charge in [0.05, 0.1) is 22.3 Å². The maximum absolute atomic E-state index is 9.08. The minimum atomic E-state index is 0.249. The lowest BCUT2D eigenvalue weighted by molar-refractivity contribution is 0.132. The fourth-order valence-electron chi connectivity index (χ4n) is 2.52. The van der Waals surface area contributed by atoms with E-state index in [1.807, 2.05) is 36.4 Å². The Morgan fingerprint density at radius 3 is 2.57 bits per heavy atom. The second-order valence-electron chi connectivity index (χ2n) is 6.24. The summed E-state index contributed by atoms with van der Waals surface area (Å²) in [6.07, 6.45) is 1.63. The van der Waals surface area contributed by atoms with Crippen LogP contribution in [0.15, 0.2) is 76.4 Å². The Kier molecular flexibility index (Phi) is 6.83. The predicted octanol–water partition coefficient (Wildman–Crippen LogP) is 5.76. The Morgan fingerprint density at radius 1 is 1.04 bits per heavy atom. The Hall–Kier alpha value is -3.10. The number of nitriles is 1. The smallest absolute Gasteiger partial charge is 0.143 e. The summed E-state index contributed by atoms with van der Waals surface area (Å²) in [4.78, 5) is 5.32. The number of nitrogens with zero attached hydrogens (tertiary/aromatic N) is 2. The summed E-state index contributed by atoms with van der Waals surface area (Å²) >= 11 is 3.53. The van der Waals surface area contributed by atoms with Crippen molar-refractivity contribution in [1.29, 1.82) is 5.26 Å². The highest BCUT2D eigenvalue weighted by molar-refractivity contribution is 9.10. The minimum Gasteiger partial charge on any atom is -0.488 e. The van der Waals surface area contributed by atoms with Gasteiger partial charge >= 0.3 is 0 Å². The van der Waals surface area contributed by atoms with E-state index < -0.39 is 0 Å². The van der Waals surface area contributed by atoms with E-state index in [0.29, 0.717) is 12.2 Å². The molecule has 0 unspecified atom stereocenters. The van der Waals surface area contributed by atoms with Gasteiger partial charge in [0.2, 0.25) is 0 Å². The first kappa shape index (κ1) is 19.7. The standard InChI is InChI=1S/C23H19BrN2O2/c1-17-6-8-18(9-7-17)15-27-23-11-10-19(12-22(23)24)14-26-28-16-21-5-3-2-4-20(21)13-25/h2-12,14H,15-16H2,1H3/b26-14-. The van der Waals surface area contributed by atoms with Crippen molar-refractivity contribution in [1.82, 2.24) is 0 Å². The van der Waals surface area contributed by atoms with E-state index in [1.165, 1.54) is 5.56 Å². The van der Waals surface area contributed by atoms with Crippen molar-refractivity contribution in [3.05, 3.63) is 99.0 Å². The zero-order valence-corrected chi connectivity index (χ0v) is 17.0. The zero-order chi connectivity index (χ0) is 19.8. The molecule has 28 heavy (non-hydrogen) atoms. The summed E-state index contributed by atoms with van der Waals surface area (Å²) in [6, 6.07) is 23.4. The van der Waals surface area contributed by atoms with Gasteiger partial charge in [-0.05, 0) is 58.2 Å². The van der Waals surface area contributed by atoms with Gasteiger partial charge in [-0.15, -0.1) is 0 Å². The minimum absolute atomic E-state index is 0.249. The lowest BCUT2D eigenvalue weighted by atomic mass is 10.1. The van der Waals surface area contributed by atoms with Gasteiger partial charge < -0.3 is 9.57 Å². The fourth-order valence-corrected chi connectivity index (χ4v) is 3.03. The van der Waals surface area contributed by atoms with E-state index in [2.05, 4.69) is 58.3 Å². The molecule has 3 rings (SSSR count). The second kappa shape index (κ2) is 9.72. The Bertz CT molecular complexity index is 1010. The lowest BCUT2D eigenvalue weighted by Crippen LogP contribution is -1.97. The molecule has 3 aromatic carbocycles. The molecule has 4 nitrogen and oxygen atoms in total. The third kappa shape index (κ3) is 5.45. The Labute approximate surface area is 173 Å². The summed E-state index contributed by atoms with van der Waals surface area (Å²) in [7, 11) is 0. The molecule has 0 N–H and O–H groups in total. The number of rotatable bonds is 7. The lowest BCUT2D eigenvalue weighted by Gasteiger charge is -2.09. The van der Waals surface area contributed by atoms with Gasteiger partial charge in [0.15, 0.2) is 0 Å². The van der Waals surface area contributed by atoms with Crippen LogP contribution in [0.25, 0.3) is 0 Å². The molecule has 0 bridgehead atoms. The van der Waals surface area contributed by atoms with Crippen LogP contribution >= 0.6 is 15.9 Å². The molecule has 0 aliphatic heterocycles. The molecule has 5 heteroatoms. The number of aryl methyl sites for hydroxylation is 1. The average molecular weight is 435 g/mol. The third-order valence-electron chi connectivity index (χ3n) is 4.11. The van der Waals surface area contributed by atoms with E-state index in [-0.39, 0.29) is 6.61 Å². The van der Waals surface area contributed by atoms with Gasteiger partial charge in [-0.1, -0.05) is 53.2 Å². The van der Waals surface area contributed by atoms with Gasteiger partial charge in [-0.25, -0.2) is 0 Å². The summed E-state index contributed by atoms with van der Waals surface area (Å²) in [5.74, 6) is 0.765. The van der Waals surface area contributed by atoms with Crippen molar-refractivity contribution >= 4 is 22.1 Å². The summed E-state index contributed by atoms with van der Waals surface area (Å²) in [6.45, 7) is 2.82. The van der Waals surface area contributed by atoms with Crippen molar-refractivity contribution in [3.63, 3.8) is 0 Å². The number of hydrogen-bond acceptors (Lipinski definition) is 4. The molecule has 0 radical (unpaired) electrons. The number of ether oxygens (including phenoxy) is 1. The molecule has 0 fully saturated rings. The second-order valence-corrected chi connectivity index (χ2v) is 7.10. The van der Waals surface area contributed by atoms with Crippen LogP contribution in [0.2, 0.25) is 0 Å². The molecule has 0 aliphatic carbocycles. The van der Waals surface area contributed by atoms with Crippen molar-refractivity contribution < 1.29 is 9.57 Å². The van der Waals surface area contributed by atoms with E-state index in [4.69, 9.17) is 14.8 Å². The van der Waals surface area contributed by atoms with Crippen molar-refractivity contribution in [2.75, 3.05) is 0 Å². The Morgan fingerprint density at radius 2 is 1.82 bits per heavy atom. The van der Waals surface area contributed by atoms with Crippen LogP contribution in [0.5, 0.6) is 5.75 Å². The molecule has 0 atom stereocenters. The molecule has 0 aromatic heterocycles. The van der Waals surface area contributed by atoms with E-state index in [9.17, 15) is 0 Å². The van der Waals surface area contributed by atoms with Crippen LogP contribution in [0.4, 0.5) is 0 Å². The molecule has 3 aromatic rings. The molecule has 0 aliphatic rings. The normalized spacial score (nSPS) is 10.6. The zero-order valence-electron chi connectivity index (χ0n) is 15.4. The third-order valence-corrected chi connectivity index (χ3v) is 4.72. The monoisotopic (exact) mass is 434 g/mol. The van der Waals surface area contributed by atoms with Crippen LogP contribution in [0, 0.1) is 18.3 Å². The van der Waals surface area contributed by atoms with Crippen molar-refractivity contribution in [2.45, 2.75) is 20.1 Å². The number of halogens is 1. The maximum Gasteiger partial charge on any atom is 0.143 e. The predicted molar refractivity (Wildman–Crippen MR) is 113 cm³/mol. The summed E-state index contributed by atoms with van der Waals surface area (Å²) in [5.41, 5.74) is 4.63. The van der Waals surface area contributed by atoms with Gasteiger partial charge in [0.1, 0.15) is 19.0 Å². The molecule has 140 valence electrons. The first-order valence-electron chi connectivity index (χ1n) is 8.77. The molecule has 0 saturated carbocycles. The van der Waals surface area contributed by atoms with Gasteiger partial charge in [0.25, 0.3) is 0 Å². The van der Waals surface area contributed by atoms with E-state index >= 15 is 0 Å². The topological polar surface area (TPSA) is 54.6 Å². The maximum atomic E-state index is 9.08. The fraction of sp³-hybridized carbons (Fsp3) is 0.130. The average Bonchev–Trinajstić information content (AvgIpc) is 2.72. The summed E-state index contributed by atoms with van der Waals surface area (Å²) in [5, 5.41) is 13.1. The van der Waals surface area contributed by atoms with Crippen molar-refractivity contribution in [2.24, 2.45) is 5.16 Å². The van der Waals surface area contributed by atoms with Crippen molar-refractivity contribution in [3.8, 4) is 11.8 Å². The molecule has 0 heterocycles. The highest BCUT2D eigenvalue weighted by Gasteiger charge is 2.04. The quantitative estimate of drug-likeness (QED) is 0.350. The largest absolute Gasteiger partial charge is 0.488 e. The SMILES string of the molecule is Cc1ccc(COc2ccc(/C=N\OCc3ccccc3C#N)cc2Br)cc1. The molecule has 0 amide bonds. The van der Waals surface area contributed by atoms with Gasteiger partial charge in [0, 0.05) is 5.56 Å². The van der Waals surface area contributed by atoms with E-state index in [1.54, 1.807) is 12.3 Å². The highest BCUT2D eigenvalue weighted by Crippen LogP contribution is 2.26. The van der Waals surface area contributed by atoms with Crippen LogP contribution in [0.1, 0.15) is 27.8 Å². The Balaban J connectivity index is 1.55. The number of oxime groups is 1. The van der Waals surface area contributed by atoms with Gasteiger partial charge in [-0.3, -0.25) is 0 Å². The van der Waals surface area contributed by atoms with Crippen LogP contribution in [-0.2, 0) is 18.1 Å². The molecular formula is C23H19BrN2O2. The number of benzene rings is 3. The molecular weight excluding hydrogens is 416 g/mol. The van der Waals surface area contributed by atoms with Crippen LogP contribution in [0.3, 0.4) is 0 Å². The number of hydrogen-bond donors (Lipinski definition) is 0. The van der Waals surface area contributed by atoms with Crippen LogP contribution in [-0.4, -0.2) is 6.21 Å².